The molecule has 4 aromatic rings. The molecule has 5 rings (SSSR count). The van der Waals surface area contributed by atoms with Crippen molar-refractivity contribution in [3.8, 4) is 6.07 Å². The first-order valence-corrected chi connectivity index (χ1v) is 12.1. The number of nitrogens with zero attached hydrogens (tertiary/aromatic N) is 6. The summed E-state index contributed by atoms with van der Waals surface area (Å²) in [4.78, 5) is 8.76. The number of aromatic nitrogens is 5. The van der Waals surface area contributed by atoms with Crippen LogP contribution in [0.5, 0.6) is 0 Å². The number of pyridine rings is 2. The highest BCUT2D eigenvalue weighted by Gasteiger charge is 2.25. The van der Waals surface area contributed by atoms with Crippen LogP contribution in [0, 0.1) is 16.7 Å². The number of ether oxygens (including phenoxy) is 1. The summed E-state index contributed by atoms with van der Waals surface area (Å²) >= 11 is 6.70. The van der Waals surface area contributed by atoms with Gasteiger partial charge in [0, 0.05) is 36.2 Å². The maximum Gasteiger partial charge on any atom is 0.110 e. The lowest BCUT2D eigenvalue weighted by Gasteiger charge is -2.25. The molecule has 0 saturated carbocycles. The minimum atomic E-state index is -0.319. The fraction of sp³-hybridized carbons (Fsp3) is 0.346. The zero-order chi connectivity index (χ0) is 25.3. The van der Waals surface area contributed by atoms with Crippen LogP contribution in [0.25, 0.3) is 10.9 Å². The van der Waals surface area contributed by atoms with E-state index in [1.54, 1.807) is 18.6 Å². The topological polar surface area (TPSA) is 114 Å². The largest absolute Gasteiger partial charge is 0.383 e. The van der Waals surface area contributed by atoms with Crippen LogP contribution in [0.3, 0.4) is 0 Å². The lowest BCUT2D eigenvalue weighted by atomic mass is 9.96. The number of hydrogen-bond donors (Lipinski definition) is 2. The van der Waals surface area contributed by atoms with Crippen LogP contribution in [-0.4, -0.2) is 44.7 Å². The normalized spacial score (nSPS) is 14.8. The first-order chi connectivity index (χ1) is 17.3. The number of rotatable bonds is 7. The lowest BCUT2D eigenvalue weighted by molar-refractivity contribution is -0.0293. The van der Waals surface area contributed by atoms with Gasteiger partial charge in [-0.25, -0.2) is 4.68 Å². The number of nitriles is 1. The van der Waals surface area contributed by atoms with E-state index >= 15 is 0 Å². The van der Waals surface area contributed by atoms with Crippen molar-refractivity contribution < 1.29 is 4.74 Å². The van der Waals surface area contributed by atoms with Gasteiger partial charge in [0.15, 0.2) is 0 Å². The molecule has 0 amide bonds. The molecule has 184 valence electrons. The molecule has 0 unspecified atom stereocenters. The summed E-state index contributed by atoms with van der Waals surface area (Å²) in [7, 11) is 0. The molecule has 0 spiro atoms. The number of benzene rings is 1. The summed E-state index contributed by atoms with van der Waals surface area (Å²) in [6.45, 7) is 8.35. The molecule has 2 N–H and O–H groups in total. The Morgan fingerprint density at radius 2 is 2.11 bits per heavy atom. The standard InChI is InChI=1S/C26H27ClN8O/c1-26(2,3)15-31-23-17(9-28)11-30-25-20(23)7-18(8-21(25)27)32-24(16-5-4-6-29-10-16)22-12-35(34-33-22)19-13-36-14-19/h4-8,10-12,19,24,32H,13-15H2,1-3H3,(H,30,31)/t24-/m0/s1. The molecule has 36 heavy (non-hydrogen) atoms. The lowest BCUT2D eigenvalue weighted by Crippen LogP contribution is -2.31. The Balaban J connectivity index is 1.56. The Hall–Kier alpha value is -3.74. The maximum atomic E-state index is 9.75. The second kappa shape index (κ2) is 9.72. The smallest absolute Gasteiger partial charge is 0.110 e. The third-order valence-corrected chi connectivity index (χ3v) is 6.28. The van der Waals surface area contributed by atoms with Crippen LogP contribution in [0.2, 0.25) is 5.02 Å². The van der Waals surface area contributed by atoms with Gasteiger partial charge in [0.25, 0.3) is 0 Å². The van der Waals surface area contributed by atoms with Gasteiger partial charge in [-0.3, -0.25) is 9.97 Å². The fourth-order valence-corrected chi connectivity index (χ4v) is 4.26. The molecule has 10 heteroatoms. The molecule has 3 aromatic heterocycles. The SMILES string of the molecule is CC(C)(C)CNc1c(C#N)cnc2c(Cl)cc(N[C@@H](c3cccnc3)c3cn(C4COC4)nn3)cc12. The third-order valence-electron chi connectivity index (χ3n) is 5.99. The van der Waals surface area contributed by atoms with E-state index in [1.165, 1.54) is 0 Å². The Morgan fingerprint density at radius 1 is 1.28 bits per heavy atom. The van der Waals surface area contributed by atoms with Crippen molar-refractivity contribution in [3.63, 3.8) is 0 Å². The van der Waals surface area contributed by atoms with Crippen LogP contribution >= 0.6 is 11.6 Å². The predicted octanol–water partition coefficient (Wildman–Crippen LogP) is 4.98. The molecule has 0 bridgehead atoms. The summed E-state index contributed by atoms with van der Waals surface area (Å²) in [5.41, 5.74) is 4.28. The third kappa shape index (κ3) is 4.96. The van der Waals surface area contributed by atoms with E-state index < -0.39 is 0 Å². The second-order valence-corrected chi connectivity index (χ2v) is 10.5. The first kappa shape index (κ1) is 24.0. The number of halogens is 1. The van der Waals surface area contributed by atoms with Gasteiger partial charge in [-0.15, -0.1) is 5.10 Å². The predicted molar refractivity (Wildman–Crippen MR) is 139 cm³/mol. The summed E-state index contributed by atoms with van der Waals surface area (Å²) < 4.78 is 7.14. The molecule has 9 nitrogen and oxygen atoms in total. The van der Waals surface area contributed by atoms with E-state index in [-0.39, 0.29) is 17.5 Å². The number of fused-ring (bicyclic) bond motifs is 1. The van der Waals surface area contributed by atoms with E-state index in [1.807, 2.05) is 35.1 Å². The molecule has 4 heterocycles. The minimum Gasteiger partial charge on any atom is -0.383 e. The highest BCUT2D eigenvalue weighted by Crippen LogP contribution is 2.36. The van der Waals surface area contributed by atoms with Crippen LogP contribution in [0.4, 0.5) is 11.4 Å². The number of hydrogen-bond acceptors (Lipinski definition) is 8. The number of nitrogens with one attached hydrogen (secondary N) is 2. The van der Waals surface area contributed by atoms with Crippen molar-refractivity contribution in [2.24, 2.45) is 5.41 Å². The molecule has 1 fully saturated rings. The van der Waals surface area contributed by atoms with Crippen molar-refractivity contribution in [1.29, 1.82) is 5.26 Å². The number of anilines is 2. The van der Waals surface area contributed by atoms with E-state index in [9.17, 15) is 5.26 Å². The van der Waals surface area contributed by atoms with Crippen molar-refractivity contribution in [2.45, 2.75) is 32.9 Å². The van der Waals surface area contributed by atoms with Crippen molar-refractivity contribution in [3.05, 3.63) is 70.9 Å². The van der Waals surface area contributed by atoms with E-state index in [4.69, 9.17) is 16.3 Å². The van der Waals surface area contributed by atoms with Gasteiger partial charge in [-0.2, -0.15) is 5.26 Å². The van der Waals surface area contributed by atoms with Crippen molar-refractivity contribution in [2.75, 3.05) is 30.4 Å². The molecular formula is C26H27ClN8O. The van der Waals surface area contributed by atoms with Gasteiger partial charge in [-0.05, 0) is 29.2 Å². The quantitative estimate of drug-likeness (QED) is 0.364. The second-order valence-electron chi connectivity index (χ2n) is 10.1. The Kier molecular flexibility index (Phi) is 6.48. The van der Waals surface area contributed by atoms with Crippen molar-refractivity contribution in [1.82, 2.24) is 25.0 Å². The van der Waals surface area contributed by atoms with Crippen LogP contribution in [0.15, 0.2) is 49.1 Å². The van der Waals surface area contributed by atoms with Crippen LogP contribution in [0.1, 0.15) is 49.7 Å². The van der Waals surface area contributed by atoms with Crippen molar-refractivity contribution >= 4 is 33.9 Å². The summed E-state index contributed by atoms with van der Waals surface area (Å²) in [6, 6.07) is 9.81. The van der Waals surface area contributed by atoms with Gasteiger partial charge in [0.05, 0.1) is 47.2 Å². The van der Waals surface area contributed by atoms with Gasteiger partial charge in [-0.1, -0.05) is 43.7 Å². The Bertz CT molecular complexity index is 1420. The monoisotopic (exact) mass is 502 g/mol. The van der Waals surface area contributed by atoms with Gasteiger partial charge in [0.2, 0.25) is 0 Å². The zero-order valence-corrected chi connectivity index (χ0v) is 21.1. The molecule has 0 radical (unpaired) electrons. The van der Waals surface area contributed by atoms with Gasteiger partial charge < -0.3 is 15.4 Å². The van der Waals surface area contributed by atoms with E-state index in [0.29, 0.717) is 35.9 Å². The van der Waals surface area contributed by atoms with Gasteiger partial charge >= 0.3 is 0 Å². The Morgan fingerprint density at radius 3 is 2.78 bits per heavy atom. The molecule has 1 saturated heterocycles. The average molecular weight is 503 g/mol. The summed E-state index contributed by atoms with van der Waals surface area (Å²) in [5, 5.41) is 26.8. The molecule has 0 aliphatic carbocycles. The minimum absolute atomic E-state index is 0.0185. The highest BCUT2D eigenvalue weighted by atomic mass is 35.5. The van der Waals surface area contributed by atoms with E-state index in [0.717, 1.165) is 28.0 Å². The molecule has 1 atom stereocenters. The van der Waals surface area contributed by atoms with Crippen LogP contribution in [-0.2, 0) is 4.74 Å². The molecule has 1 aliphatic rings. The fourth-order valence-electron chi connectivity index (χ4n) is 3.99. The summed E-state index contributed by atoms with van der Waals surface area (Å²) in [5.74, 6) is 0. The molecular weight excluding hydrogens is 476 g/mol. The Labute approximate surface area is 214 Å². The highest BCUT2D eigenvalue weighted by molar-refractivity contribution is 6.35. The first-order valence-electron chi connectivity index (χ1n) is 11.7. The van der Waals surface area contributed by atoms with Gasteiger partial charge in [0.1, 0.15) is 17.8 Å². The van der Waals surface area contributed by atoms with Crippen LogP contribution < -0.4 is 10.6 Å². The average Bonchev–Trinajstić information content (AvgIpc) is 3.28. The zero-order valence-electron chi connectivity index (χ0n) is 20.4. The maximum absolute atomic E-state index is 9.75. The summed E-state index contributed by atoms with van der Waals surface area (Å²) in [6.07, 6.45) is 7.04. The molecule has 1 aliphatic heterocycles. The van der Waals surface area contributed by atoms with E-state index in [2.05, 4.69) is 57.8 Å². The molecule has 1 aromatic carbocycles.